The molecule has 0 amide bonds. The summed E-state index contributed by atoms with van der Waals surface area (Å²) in [5, 5.41) is 0. The first-order valence-corrected chi connectivity index (χ1v) is 28.7. The van der Waals surface area contributed by atoms with Gasteiger partial charge in [-0.3, -0.25) is 14.4 Å². The SMILES string of the molecule is CC/C=C\C/C=C\C/C=C\C/C=C\C/C=C\C/C=C\C/C=C\CCCCCC(=O)OCC(COC(=O)CCCCCCCCC)OC(=O)CCCCCCCCCCC/C=C\CCCCCCCC. The normalized spacial score (nSPS) is 12.8. The summed E-state index contributed by atoms with van der Waals surface area (Å²) in [4.78, 5) is 37.9. The fourth-order valence-corrected chi connectivity index (χ4v) is 7.77. The summed E-state index contributed by atoms with van der Waals surface area (Å²) in [5.41, 5.74) is 0. The van der Waals surface area contributed by atoms with E-state index in [1.54, 1.807) is 0 Å². The second-order valence-corrected chi connectivity index (χ2v) is 18.8. The van der Waals surface area contributed by atoms with Gasteiger partial charge < -0.3 is 14.2 Å². The van der Waals surface area contributed by atoms with Gasteiger partial charge >= 0.3 is 17.9 Å². The third-order valence-corrected chi connectivity index (χ3v) is 12.1. The molecule has 0 aliphatic rings. The van der Waals surface area contributed by atoms with Gasteiger partial charge in [0.15, 0.2) is 6.10 Å². The zero-order valence-electron chi connectivity index (χ0n) is 45.0. The number of rotatable bonds is 51. The molecule has 0 aromatic heterocycles. The Labute approximate surface area is 426 Å². The maximum Gasteiger partial charge on any atom is 0.306 e. The second-order valence-electron chi connectivity index (χ2n) is 18.8. The third-order valence-electron chi connectivity index (χ3n) is 12.1. The van der Waals surface area contributed by atoms with Crippen molar-refractivity contribution in [1.82, 2.24) is 0 Å². The fraction of sp³-hybridized carbons (Fsp3) is 0.698. The number of unbranched alkanes of at least 4 members (excludes halogenated alkanes) is 24. The monoisotopic (exact) mass is 959 g/mol. The van der Waals surface area contributed by atoms with Gasteiger partial charge in [0.1, 0.15) is 13.2 Å². The maximum absolute atomic E-state index is 12.8. The zero-order chi connectivity index (χ0) is 50.0. The van der Waals surface area contributed by atoms with E-state index in [9.17, 15) is 14.4 Å². The molecule has 0 spiro atoms. The highest BCUT2D eigenvalue weighted by Crippen LogP contribution is 2.15. The summed E-state index contributed by atoms with van der Waals surface area (Å²) >= 11 is 0. The molecule has 0 fully saturated rings. The summed E-state index contributed by atoms with van der Waals surface area (Å²) in [7, 11) is 0. The molecule has 0 heterocycles. The Balaban J connectivity index is 4.28. The molecule has 1 unspecified atom stereocenters. The number of hydrogen-bond acceptors (Lipinski definition) is 6. The number of hydrogen-bond donors (Lipinski definition) is 0. The number of carbonyl (C=O) groups excluding carboxylic acids is 3. The Hall–Kier alpha value is -3.67. The van der Waals surface area contributed by atoms with Crippen molar-refractivity contribution in [3.05, 3.63) is 97.2 Å². The Bertz CT molecular complexity index is 1380. The average molecular weight is 960 g/mol. The van der Waals surface area contributed by atoms with Crippen molar-refractivity contribution in [2.45, 2.75) is 271 Å². The van der Waals surface area contributed by atoms with Gasteiger partial charge in [-0.15, -0.1) is 0 Å². The van der Waals surface area contributed by atoms with Gasteiger partial charge in [-0.2, -0.15) is 0 Å². The molecule has 0 radical (unpaired) electrons. The zero-order valence-corrected chi connectivity index (χ0v) is 45.0. The molecule has 0 saturated heterocycles. The van der Waals surface area contributed by atoms with Crippen molar-refractivity contribution in [3.8, 4) is 0 Å². The van der Waals surface area contributed by atoms with Crippen LogP contribution < -0.4 is 0 Å². The molecule has 0 saturated carbocycles. The minimum absolute atomic E-state index is 0.0886. The minimum atomic E-state index is -0.790. The number of esters is 3. The van der Waals surface area contributed by atoms with Crippen molar-refractivity contribution in [1.29, 1.82) is 0 Å². The number of ether oxygens (including phenoxy) is 3. The average Bonchev–Trinajstić information content (AvgIpc) is 3.35. The number of carbonyl (C=O) groups is 3. The lowest BCUT2D eigenvalue weighted by Gasteiger charge is -2.18. The second kappa shape index (κ2) is 56.9. The molecular formula is C63H106O6. The molecular weight excluding hydrogens is 853 g/mol. The van der Waals surface area contributed by atoms with Crippen LogP contribution in [0.25, 0.3) is 0 Å². The van der Waals surface area contributed by atoms with E-state index >= 15 is 0 Å². The fourth-order valence-electron chi connectivity index (χ4n) is 7.77. The summed E-state index contributed by atoms with van der Waals surface area (Å²) in [6.07, 6.45) is 75.6. The van der Waals surface area contributed by atoms with Crippen molar-refractivity contribution >= 4 is 17.9 Å². The van der Waals surface area contributed by atoms with Gasteiger partial charge in [-0.25, -0.2) is 0 Å². The summed E-state index contributed by atoms with van der Waals surface area (Å²) in [5.74, 6) is -0.929. The number of allylic oxidation sites excluding steroid dienone is 16. The summed E-state index contributed by atoms with van der Waals surface area (Å²) in [6.45, 7) is 6.45. The van der Waals surface area contributed by atoms with Crippen LogP contribution in [0.5, 0.6) is 0 Å². The van der Waals surface area contributed by atoms with Crippen molar-refractivity contribution < 1.29 is 28.6 Å². The van der Waals surface area contributed by atoms with E-state index < -0.39 is 6.10 Å². The lowest BCUT2D eigenvalue weighted by molar-refractivity contribution is -0.167. The minimum Gasteiger partial charge on any atom is -0.462 e. The predicted molar refractivity (Wildman–Crippen MR) is 297 cm³/mol. The molecule has 0 aliphatic carbocycles. The molecule has 0 rings (SSSR count). The topological polar surface area (TPSA) is 78.9 Å². The van der Waals surface area contributed by atoms with E-state index in [0.717, 1.165) is 109 Å². The van der Waals surface area contributed by atoms with Gasteiger partial charge in [-0.1, -0.05) is 240 Å². The molecule has 0 aromatic rings. The Morgan fingerprint density at radius 2 is 0.565 bits per heavy atom. The first-order chi connectivity index (χ1) is 34.0. The highest BCUT2D eigenvalue weighted by atomic mass is 16.6. The molecule has 0 aromatic carbocycles. The highest BCUT2D eigenvalue weighted by molar-refractivity contribution is 5.71. The Morgan fingerprint density at radius 1 is 0.304 bits per heavy atom. The lowest BCUT2D eigenvalue weighted by Crippen LogP contribution is -2.30. The van der Waals surface area contributed by atoms with Crippen LogP contribution in [0.15, 0.2) is 97.2 Å². The van der Waals surface area contributed by atoms with E-state index in [1.165, 1.54) is 116 Å². The highest BCUT2D eigenvalue weighted by Gasteiger charge is 2.19. The van der Waals surface area contributed by atoms with Gasteiger partial charge in [0.05, 0.1) is 0 Å². The smallest absolute Gasteiger partial charge is 0.306 e. The van der Waals surface area contributed by atoms with Gasteiger partial charge in [0.2, 0.25) is 0 Å². The van der Waals surface area contributed by atoms with Crippen LogP contribution in [0.3, 0.4) is 0 Å². The van der Waals surface area contributed by atoms with Crippen LogP contribution in [-0.4, -0.2) is 37.2 Å². The van der Waals surface area contributed by atoms with Gasteiger partial charge in [-0.05, 0) is 103 Å². The lowest BCUT2D eigenvalue weighted by atomic mass is 10.1. The first kappa shape index (κ1) is 65.3. The molecule has 6 nitrogen and oxygen atoms in total. The quantitative estimate of drug-likeness (QED) is 0.0262. The molecule has 69 heavy (non-hydrogen) atoms. The van der Waals surface area contributed by atoms with Crippen molar-refractivity contribution in [3.63, 3.8) is 0 Å². The standard InChI is InChI=1S/C63H106O6/c1-4-7-10-13-16-18-20-22-24-26-28-29-30-31-32-33-35-36-38-40-42-44-47-50-53-56-62(65)68-59-60(58-67-61(64)55-52-49-46-15-12-9-6-3)69-63(66)57-54-51-48-45-43-41-39-37-34-27-25-23-21-19-17-14-11-8-5-2/h7,10,16,18,22-25,28-29,31-32,35-36,40,42,60H,4-6,8-9,11-15,17,19-21,26-27,30,33-34,37-39,41,43-59H2,1-3H3/b10-7-,18-16-,24-22-,25-23-,29-28-,32-31-,36-35-,42-40-. The van der Waals surface area contributed by atoms with Crippen molar-refractivity contribution in [2.75, 3.05) is 13.2 Å². The van der Waals surface area contributed by atoms with Crippen molar-refractivity contribution in [2.24, 2.45) is 0 Å². The Morgan fingerprint density at radius 3 is 0.913 bits per heavy atom. The van der Waals surface area contributed by atoms with Crippen LogP contribution in [0.1, 0.15) is 265 Å². The van der Waals surface area contributed by atoms with Crippen LogP contribution in [0.4, 0.5) is 0 Å². The predicted octanol–water partition coefficient (Wildman–Crippen LogP) is 19.3. The van der Waals surface area contributed by atoms with E-state index in [2.05, 4.69) is 118 Å². The molecule has 0 bridgehead atoms. The first-order valence-electron chi connectivity index (χ1n) is 28.7. The third kappa shape index (κ3) is 55.1. The van der Waals surface area contributed by atoms with Crippen LogP contribution in [0, 0.1) is 0 Å². The van der Waals surface area contributed by atoms with E-state index in [0.29, 0.717) is 19.3 Å². The Kier molecular flexibility index (Phi) is 53.9. The summed E-state index contributed by atoms with van der Waals surface area (Å²) in [6, 6.07) is 0. The van der Waals surface area contributed by atoms with Gasteiger partial charge in [0.25, 0.3) is 0 Å². The molecule has 394 valence electrons. The largest absolute Gasteiger partial charge is 0.462 e. The van der Waals surface area contributed by atoms with E-state index in [-0.39, 0.29) is 31.1 Å². The molecule has 6 heteroatoms. The van der Waals surface area contributed by atoms with Crippen LogP contribution in [0.2, 0.25) is 0 Å². The summed E-state index contributed by atoms with van der Waals surface area (Å²) < 4.78 is 16.8. The van der Waals surface area contributed by atoms with E-state index in [1.807, 2.05) is 0 Å². The van der Waals surface area contributed by atoms with E-state index in [4.69, 9.17) is 14.2 Å². The van der Waals surface area contributed by atoms with Crippen LogP contribution in [-0.2, 0) is 28.6 Å². The molecule has 0 aliphatic heterocycles. The van der Waals surface area contributed by atoms with Gasteiger partial charge in [0, 0.05) is 19.3 Å². The molecule has 1 atom stereocenters. The molecule has 0 N–H and O–H groups in total. The maximum atomic E-state index is 12.8. The van der Waals surface area contributed by atoms with Crippen LogP contribution >= 0.6 is 0 Å².